The highest BCUT2D eigenvalue weighted by molar-refractivity contribution is 6.04. The van der Waals surface area contributed by atoms with Crippen molar-refractivity contribution in [2.45, 2.75) is 32.7 Å². The molecule has 0 bridgehead atoms. The number of nitrogens with one attached hydrogen (secondary N) is 2. The summed E-state index contributed by atoms with van der Waals surface area (Å²) < 4.78 is 0. The van der Waals surface area contributed by atoms with Crippen molar-refractivity contribution in [2.24, 2.45) is 0 Å². The van der Waals surface area contributed by atoms with Gasteiger partial charge < -0.3 is 15.2 Å². The quantitative estimate of drug-likeness (QED) is 0.793. The molecule has 1 aliphatic carbocycles. The number of H-pyrrole nitrogens is 1. The van der Waals surface area contributed by atoms with Gasteiger partial charge in [-0.2, -0.15) is 0 Å². The number of ketones is 1. The van der Waals surface area contributed by atoms with Crippen LogP contribution in [0, 0.1) is 13.8 Å². The van der Waals surface area contributed by atoms with Gasteiger partial charge in [0.1, 0.15) is 5.69 Å². The summed E-state index contributed by atoms with van der Waals surface area (Å²) in [6.07, 6.45) is 2.11. The highest BCUT2D eigenvalue weighted by atomic mass is 16.2. The second kappa shape index (κ2) is 6.45. The van der Waals surface area contributed by atoms with Crippen LogP contribution in [0.2, 0.25) is 0 Å². The Balaban J connectivity index is 1.70. The van der Waals surface area contributed by atoms with Crippen molar-refractivity contribution in [1.29, 1.82) is 0 Å². The smallest absolute Gasteiger partial charge is 0.268 e. The van der Waals surface area contributed by atoms with Gasteiger partial charge in [0.15, 0.2) is 5.78 Å². The first kappa shape index (κ1) is 16.2. The fourth-order valence-electron chi connectivity index (χ4n) is 3.17. The molecular formula is C17H26N4O2. The molecular weight excluding hydrogens is 292 g/mol. The average Bonchev–Trinajstić information content (AvgIpc) is 3.25. The molecule has 1 amide bonds. The van der Waals surface area contributed by atoms with Crippen LogP contribution in [0.1, 0.15) is 44.9 Å². The number of carbonyl (C=O) groups is 2. The third kappa shape index (κ3) is 3.64. The molecule has 1 aromatic heterocycles. The van der Waals surface area contributed by atoms with Crippen LogP contribution in [0.3, 0.4) is 0 Å². The first-order valence-electron chi connectivity index (χ1n) is 8.40. The van der Waals surface area contributed by atoms with Crippen molar-refractivity contribution in [2.75, 3.05) is 39.8 Å². The molecule has 0 atom stereocenters. The number of hydrogen-bond donors (Lipinski definition) is 2. The summed E-state index contributed by atoms with van der Waals surface area (Å²) in [6.45, 7) is 7.98. The minimum atomic E-state index is -0.0910. The Labute approximate surface area is 137 Å². The van der Waals surface area contributed by atoms with Crippen molar-refractivity contribution < 1.29 is 9.59 Å². The molecule has 0 radical (unpaired) electrons. The molecule has 1 aliphatic heterocycles. The summed E-state index contributed by atoms with van der Waals surface area (Å²) in [6, 6.07) is 0.315. The molecule has 126 valence electrons. The van der Waals surface area contributed by atoms with Gasteiger partial charge in [-0.05, 0) is 39.3 Å². The molecule has 1 saturated carbocycles. The number of hydrogen-bond acceptors (Lipinski definition) is 4. The SMILES string of the molecule is Cc1[nH]c(C(=O)NC2CC2)c(C)c1C(=O)CN1CCN(C)CC1. The largest absolute Gasteiger partial charge is 0.354 e. The number of amides is 1. The Morgan fingerprint density at radius 1 is 1.17 bits per heavy atom. The Bertz CT molecular complexity index is 610. The monoisotopic (exact) mass is 318 g/mol. The number of aromatic nitrogens is 1. The van der Waals surface area contributed by atoms with Gasteiger partial charge >= 0.3 is 0 Å². The molecule has 1 saturated heterocycles. The van der Waals surface area contributed by atoms with Gasteiger partial charge in [0.05, 0.1) is 6.54 Å². The molecule has 2 aliphatic rings. The lowest BCUT2D eigenvalue weighted by molar-refractivity contribution is 0.0875. The number of piperazine rings is 1. The summed E-state index contributed by atoms with van der Waals surface area (Å²) in [5.41, 5.74) is 2.79. The predicted octanol–water partition coefficient (Wildman–Crippen LogP) is 0.954. The van der Waals surface area contributed by atoms with E-state index in [-0.39, 0.29) is 11.7 Å². The molecule has 2 heterocycles. The summed E-state index contributed by atoms with van der Waals surface area (Å²) in [7, 11) is 2.10. The van der Waals surface area contributed by atoms with Crippen LogP contribution >= 0.6 is 0 Å². The Hall–Kier alpha value is -1.66. The zero-order chi connectivity index (χ0) is 16.6. The van der Waals surface area contributed by atoms with E-state index in [9.17, 15) is 9.59 Å². The maximum absolute atomic E-state index is 12.7. The van der Waals surface area contributed by atoms with E-state index in [1.54, 1.807) is 0 Å². The van der Waals surface area contributed by atoms with E-state index in [2.05, 4.69) is 27.1 Å². The van der Waals surface area contributed by atoms with E-state index in [4.69, 9.17) is 0 Å². The van der Waals surface area contributed by atoms with Gasteiger partial charge in [-0.25, -0.2) is 0 Å². The van der Waals surface area contributed by atoms with Gasteiger partial charge in [-0.1, -0.05) is 0 Å². The van der Waals surface area contributed by atoms with Gasteiger partial charge in [-0.3, -0.25) is 14.5 Å². The highest BCUT2D eigenvalue weighted by Gasteiger charge is 2.28. The Morgan fingerprint density at radius 2 is 1.83 bits per heavy atom. The van der Waals surface area contributed by atoms with Crippen LogP contribution in [0.15, 0.2) is 0 Å². The van der Waals surface area contributed by atoms with Crippen LogP contribution in [-0.2, 0) is 0 Å². The summed E-state index contributed by atoms with van der Waals surface area (Å²) in [4.78, 5) is 32.5. The van der Waals surface area contributed by atoms with Crippen LogP contribution in [0.4, 0.5) is 0 Å². The lowest BCUT2D eigenvalue weighted by Crippen LogP contribution is -2.46. The standard InChI is InChI=1S/C17H26N4O2/c1-11-15(14(22)10-21-8-6-20(3)7-9-21)12(2)18-16(11)17(23)19-13-4-5-13/h13,18H,4-10H2,1-3H3,(H,19,23). The second-order valence-electron chi connectivity index (χ2n) is 6.88. The maximum Gasteiger partial charge on any atom is 0.268 e. The molecule has 2 N–H and O–H groups in total. The molecule has 6 heteroatoms. The predicted molar refractivity (Wildman–Crippen MR) is 89.0 cm³/mol. The first-order valence-corrected chi connectivity index (χ1v) is 8.40. The van der Waals surface area contributed by atoms with Crippen molar-refractivity contribution in [3.05, 3.63) is 22.5 Å². The van der Waals surface area contributed by atoms with E-state index < -0.39 is 0 Å². The zero-order valence-corrected chi connectivity index (χ0v) is 14.2. The Kier molecular flexibility index (Phi) is 4.55. The van der Waals surface area contributed by atoms with E-state index >= 15 is 0 Å². The summed E-state index contributed by atoms with van der Waals surface area (Å²) in [5.74, 6) is 0.0121. The molecule has 1 aromatic rings. The van der Waals surface area contributed by atoms with Crippen LogP contribution < -0.4 is 5.32 Å². The molecule has 2 fully saturated rings. The van der Waals surface area contributed by atoms with Crippen LogP contribution in [0.25, 0.3) is 0 Å². The number of carbonyl (C=O) groups excluding carboxylic acids is 2. The van der Waals surface area contributed by atoms with E-state index in [1.165, 1.54) is 0 Å². The highest BCUT2D eigenvalue weighted by Crippen LogP contribution is 2.22. The number of rotatable bonds is 5. The normalized spacial score (nSPS) is 19.8. The average molecular weight is 318 g/mol. The van der Waals surface area contributed by atoms with Crippen LogP contribution in [-0.4, -0.2) is 72.3 Å². The molecule has 0 unspecified atom stereocenters. The fraction of sp³-hybridized carbons (Fsp3) is 0.647. The van der Waals surface area contributed by atoms with Crippen molar-refractivity contribution in [3.8, 4) is 0 Å². The number of aryl methyl sites for hydroxylation is 1. The third-order valence-corrected chi connectivity index (χ3v) is 4.82. The second-order valence-corrected chi connectivity index (χ2v) is 6.88. The van der Waals surface area contributed by atoms with Gasteiger partial charge in [-0.15, -0.1) is 0 Å². The van der Waals surface area contributed by atoms with E-state index in [0.717, 1.165) is 50.3 Å². The first-order chi connectivity index (χ1) is 11.0. The molecule has 0 spiro atoms. The minimum Gasteiger partial charge on any atom is -0.354 e. The van der Waals surface area contributed by atoms with Crippen molar-refractivity contribution >= 4 is 11.7 Å². The van der Waals surface area contributed by atoms with Crippen molar-refractivity contribution in [3.63, 3.8) is 0 Å². The fourth-order valence-corrected chi connectivity index (χ4v) is 3.17. The molecule has 0 aromatic carbocycles. The number of aromatic amines is 1. The van der Waals surface area contributed by atoms with Gasteiger partial charge in [0.25, 0.3) is 5.91 Å². The zero-order valence-electron chi connectivity index (χ0n) is 14.2. The van der Waals surface area contributed by atoms with Crippen molar-refractivity contribution in [1.82, 2.24) is 20.1 Å². The lowest BCUT2D eigenvalue weighted by Gasteiger charge is -2.31. The maximum atomic E-state index is 12.7. The third-order valence-electron chi connectivity index (χ3n) is 4.82. The Morgan fingerprint density at radius 3 is 2.43 bits per heavy atom. The van der Waals surface area contributed by atoms with E-state index in [1.807, 2.05) is 13.8 Å². The van der Waals surface area contributed by atoms with E-state index in [0.29, 0.717) is 23.8 Å². The topological polar surface area (TPSA) is 68.4 Å². The minimum absolute atomic E-state index is 0.0910. The number of likely N-dealkylation sites (N-methyl/N-ethyl adjacent to an activating group) is 1. The molecule has 3 rings (SSSR count). The summed E-state index contributed by atoms with van der Waals surface area (Å²) >= 11 is 0. The molecule has 23 heavy (non-hydrogen) atoms. The number of nitrogens with zero attached hydrogens (tertiary/aromatic N) is 2. The van der Waals surface area contributed by atoms with Gasteiger partial charge in [0, 0.05) is 43.5 Å². The lowest BCUT2D eigenvalue weighted by atomic mass is 10.0. The number of Topliss-reactive ketones (excluding diaryl/α,β-unsaturated/α-hetero) is 1. The molecule has 6 nitrogen and oxygen atoms in total. The summed E-state index contributed by atoms with van der Waals surface area (Å²) in [5, 5.41) is 2.98. The van der Waals surface area contributed by atoms with Crippen LogP contribution in [0.5, 0.6) is 0 Å². The van der Waals surface area contributed by atoms with Gasteiger partial charge in [0.2, 0.25) is 0 Å².